The molecule has 0 fully saturated rings. The topological polar surface area (TPSA) is 73.1 Å². The zero-order valence-electron chi connectivity index (χ0n) is 11.5. The highest BCUT2D eigenvalue weighted by Gasteiger charge is 2.09. The summed E-state index contributed by atoms with van der Waals surface area (Å²) in [6, 6.07) is -2.35. The average molecular weight is 200 g/mol. The van der Waals surface area contributed by atoms with E-state index in [1.165, 1.54) is 7.05 Å². The van der Waals surface area contributed by atoms with E-state index in [4.69, 9.17) is 5.48 Å². The summed E-state index contributed by atoms with van der Waals surface area (Å²) in [4.78, 5) is 10.2. The predicted molar refractivity (Wildman–Crippen MR) is 51.5 cm³/mol. The van der Waals surface area contributed by atoms with E-state index in [1.54, 1.807) is 0 Å². The molecule has 76 valence electrons. The Bertz CT molecular complexity index is 454. The molecular weight excluding hydrogens is 184 g/mol. The van der Waals surface area contributed by atoms with Crippen molar-refractivity contribution in [3.8, 4) is 5.75 Å². The van der Waals surface area contributed by atoms with E-state index < -0.39 is 36.0 Å². The number of likely N-dealkylation sites (N-methyl/N-ethyl adjacent to an activating group) is 1. The van der Waals surface area contributed by atoms with Crippen molar-refractivity contribution in [3.05, 3.63) is 34.6 Å². The van der Waals surface area contributed by atoms with E-state index in [1.807, 2.05) is 0 Å². The molecule has 0 saturated heterocycles. The lowest BCUT2D eigenvalue weighted by Gasteiger charge is -2.14. The number of aliphatic hydroxyl groups excluding tert-OH is 1. The maximum absolute atomic E-state index is 10.2. The fraction of sp³-hybridized carbons (Fsp3) is 0.333. The molecule has 0 heterocycles. The zero-order chi connectivity index (χ0) is 14.0. The van der Waals surface area contributed by atoms with E-state index in [-0.39, 0.29) is 12.1 Å². The van der Waals surface area contributed by atoms with Crippen LogP contribution in [0.25, 0.3) is 0 Å². The molecule has 14 heavy (non-hydrogen) atoms. The number of phenols is 1. The number of hydrogen-bond acceptors (Lipinski definition) is 4. The molecule has 1 rings (SSSR count). The van der Waals surface area contributed by atoms with Gasteiger partial charge in [0.1, 0.15) is 5.75 Å². The second-order valence-electron chi connectivity index (χ2n) is 2.70. The molecule has 5 heteroatoms. The number of phenolic OH excluding ortho intramolecular Hbond substituents is 1. The summed E-state index contributed by atoms with van der Waals surface area (Å²) in [6.45, 7) is -0.273. The van der Waals surface area contributed by atoms with Gasteiger partial charge in [0, 0.05) is 7.05 Å². The molecule has 0 amide bonds. The SMILES string of the molecule is [2H]c1c([2H])c(C(O)CN(C)N=O)c([2H])c([2H])c1O. The Kier molecular flexibility index (Phi) is 1.95. The number of aliphatic hydroxyl groups is 1. The molecule has 0 aromatic heterocycles. The molecule has 1 aromatic carbocycles. The Morgan fingerprint density at radius 2 is 2.14 bits per heavy atom. The van der Waals surface area contributed by atoms with Crippen LogP contribution in [0.2, 0.25) is 0 Å². The summed E-state index contributed by atoms with van der Waals surface area (Å²) in [5, 5.41) is 22.5. The number of hydrogen-bond donors (Lipinski definition) is 2. The van der Waals surface area contributed by atoms with E-state index in [0.29, 0.717) is 0 Å². The van der Waals surface area contributed by atoms with Crippen LogP contribution in [0.15, 0.2) is 29.5 Å². The lowest BCUT2D eigenvalue weighted by atomic mass is 10.1. The van der Waals surface area contributed by atoms with E-state index >= 15 is 0 Å². The Balaban J connectivity index is 3.28. The minimum Gasteiger partial charge on any atom is -0.508 e. The number of aromatic hydroxyl groups is 1. The van der Waals surface area contributed by atoms with Crippen molar-refractivity contribution in [2.24, 2.45) is 5.29 Å². The molecule has 1 aromatic rings. The number of nitroso groups, excluding NO2 is 1. The van der Waals surface area contributed by atoms with Gasteiger partial charge in [-0.3, -0.25) is 5.01 Å². The third kappa shape index (κ3) is 2.70. The van der Waals surface area contributed by atoms with E-state index in [9.17, 15) is 15.1 Å². The molecule has 2 N–H and O–H groups in total. The van der Waals surface area contributed by atoms with Crippen LogP contribution in [-0.2, 0) is 0 Å². The normalized spacial score (nSPS) is 16.1. The van der Waals surface area contributed by atoms with Crippen molar-refractivity contribution in [2.75, 3.05) is 13.6 Å². The van der Waals surface area contributed by atoms with Gasteiger partial charge in [0.15, 0.2) is 0 Å². The smallest absolute Gasteiger partial charge is 0.115 e. The standard InChI is InChI=1S/C9H12N2O3/c1-11(10-14)6-9(13)7-2-4-8(12)5-3-7/h2-5,9,12-13H,6H2,1H3/i2D,3D,4D,5D. The number of benzene rings is 1. The van der Waals surface area contributed by atoms with Gasteiger partial charge in [0.05, 0.1) is 23.4 Å². The van der Waals surface area contributed by atoms with E-state index in [2.05, 4.69) is 5.29 Å². The van der Waals surface area contributed by atoms with Crippen molar-refractivity contribution in [3.63, 3.8) is 0 Å². The molecule has 1 unspecified atom stereocenters. The molecule has 5 nitrogen and oxygen atoms in total. The van der Waals surface area contributed by atoms with Crippen LogP contribution in [0, 0.1) is 4.91 Å². The van der Waals surface area contributed by atoms with Gasteiger partial charge >= 0.3 is 0 Å². The van der Waals surface area contributed by atoms with Gasteiger partial charge < -0.3 is 10.2 Å². The largest absolute Gasteiger partial charge is 0.508 e. The molecule has 0 aliphatic heterocycles. The summed E-state index contributed by atoms with van der Waals surface area (Å²) in [7, 11) is 1.30. The number of nitrogens with zero attached hydrogens (tertiary/aromatic N) is 2. The maximum Gasteiger partial charge on any atom is 0.115 e. The van der Waals surface area contributed by atoms with Crippen LogP contribution >= 0.6 is 0 Å². The first-order valence-corrected chi connectivity index (χ1v) is 3.82. The molecular formula is C9H12N2O3. The molecule has 0 aliphatic carbocycles. The van der Waals surface area contributed by atoms with Gasteiger partial charge in [-0.2, -0.15) is 0 Å². The quantitative estimate of drug-likeness (QED) is 0.562. The third-order valence-electron chi connectivity index (χ3n) is 1.54. The monoisotopic (exact) mass is 200 g/mol. The fourth-order valence-electron chi connectivity index (χ4n) is 0.857. The lowest BCUT2D eigenvalue weighted by molar-refractivity contribution is 0.128. The zero-order valence-corrected chi connectivity index (χ0v) is 7.48. The summed E-state index contributed by atoms with van der Waals surface area (Å²) in [6.07, 6.45) is -1.42. The first-order chi connectivity index (χ1) is 8.31. The van der Waals surface area contributed by atoms with Crippen LogP contribution in [-0.4, -0.2) is 28.8 Å². The van der Waals surface area contributed by atoms with Gasteiger partial charge in [-0.25, -0.2) is 0 Å². The van der Waals surface area contributed by atoms with Gasteiger partial charge in [-0.1, -0.05) is 12.1 Å². The van der Waals surface area contributed by atoms with Crippen molar-refractivity contribution in [2.45, 2.75) is 6.10 Å². The van der Waals surface area contributed by atoms with Gasteiger partial charge in [-0.05, 0) is 17.6 Å². The molecule has 0 bridgehead atoms. The van der Waals surface area contributed by atoms with Crippen molar-refractivity contribution < 1.29 is 15.7 Å². The highest BCUT2D eigenvalue weighted by molar-refractivity contribution is 5.27. The second kappa shape index (κ2) is 4.57. The van der Waals surface area contributed by atoms with Crippen LogP contribution in [0.3, 0.4) is 0 Å². The minimum atomic E-state index is -1.42. The Morgan fingerprint density at radius 3 is 2.64 bits per heavy atom. The summed E-state index contributed by atoms with van der Waals surface area (Å²) in [5.41, 5.74) is -0.279. The second-order valence-corrected chi connectivity index (χ2v) is 2.70. The van der Waals surface area contributed by atoms with Crippen molar-refractivity contribution in [1.29, 1.82) is 0 Å². The van der Waals surface area contributed by atoms with Gasteiger partial charge in [0.2, 0.25) is 0 Å². The molecule has 0 aliphatic rings. The Hall–Kier alpha value is -1.62. The highest BCUT2D eigenvalue weighted by Crippen LogP contribution is 2.17. The van der Waals surface area contributed by atoms with Gasteiger partial charge in [0.25, 0.3) is 0 Å². The first kappa shape index (κ1) is 5.98. The first-order valence-electron chi connectivity index (χ1n) is 5.82. The summed E-state index contributed by atoms with van der Waals surface area (Å²) < 4.78 is 29.9. The predicted octanol–water partition coefficient (Wildman–Crippen LogP) is 1.04. The average Bonchev–Trinajstić information content (AvgIpc) is 2.34. The fourth-order valence-corrected chi connectivity index (χ4v) is 0.857. The maximum atomic E-state index is 10.2. The van der Waals surface area contributed by atoms with Gasteiger partial charge in [-0.15, -0.1) is 4.91 Å². The summed E-state index contributed by atoms with van der Waals surface area (Å²) in [5.74, 6) is -0.775. The highest BCUT2D eigenvalue weighted by atomic mass is 16.3. The van der Waals surface area contributed by atoms with Crippen LogP contribution < -0.4 is 0 Å². The van der Waals surface area contributed by atoms with E-state index in [0.717, 1.165) is 5.01 Å². The molecule has 0 spiro atoms. The Morgan fingerprint density at radius 1 is 1.57 bits per heavy atom. The Labute approximate surface area is 87.2 Å². The third-order valence-corrected chi connectivity index (χ3v) is 1.54. The van der Waals surface area contributed by atoms with Crippen LogP contribution in [0.5, 0.6) is 5.75 Å². The summed E-state index contributed by atoms with van der Waals surface area (Å²) >= 11 is 0. The van der Waals surface area contributed by atoms with Crippen LogP contribution in [0.4, 0.5) is 0 Å². The molecule has 1 atom stereocenters. The minimum absolute atomic E-state index is 0.273. The number of rotatable bonds is 4. The van der Waals surface area contributed by atoms with Crippen molar-refractivity contribution in [1.82, 2.24) is 5.01 Å². The van der Waals surface area contributed by atoms with Crippen LogP contribution in [0.1, 0.15) is 17.2 Å². The van der Waals surface area contributed by atoms with Crippen molar-refractivity contribution >= 4 is 0 Å². The lowest BCUT2D eigenvalue weighted by Crippen LogP contribution is -2.18. The molecule has 0 saturated carbocycles. The molecule has 0 radical (unpaired) electrons.